The molecule has 176 valence electrons. The predicted octanol–water partition coefficient (Wildman–Crippen LogP) is 3.17. The van der Waals surface area contributed by atoms with Gasteiger partial charge in [0.15, 0.2) is 5.82 Å². The first-order chi connectivity index (χ1) is 16.4. The Morgan fingerprint density at radius 1 is 1.35 bits per heavy atom. The average Bonchev–Trinajstić information content (AvgIpc) is 3.20. The highest BCUT2D eigenvalue weighted by Gasteiger charge is 2.43. The van der Waals surface area contributed by atoms with E-state index in [1.807, 2.05) is 12.1 Å². The number of nitrogens with one attached hydrogen (secondary N) is 1. The molecule has 3 heterocycles. The van der Waals surface area contributed by atoms with Crippen molar-refractivity contribution in [1.82, 2.24) is 24.7 Å². The minimum atomic E-state index is -0.336. The van der Waals surface area contributed by atoms with Gasteiger partial charge in [-0.15, -0.1) is 0 Å². The number of nitrogens with zero attached hydrogens (tertiary/aromatic N) is 6. The fraction of sp³-hybridized carbons (Fsp3) is 0.227. The van der Waals surface area contributed by atoms with Crippen molar-refractivity contribution in [2.45, 2.75) is 31.7 Å². The zero-order chi connectivity index (χ0) is 23.7. The van der Waals surface area contributed by atoms with Crippen LogP contribution >= 0.6 is 0 Å². The first kappa shape index (κ1) is 21.4. The number of amides is 1. The standard InChI is InChI=1S/C22H23N9O3.H2/c1-22(5-6-22)18-10-19(29-34-18)28-21(32)31-7-4-14-8-16(2-3-17(14)31)33-20-9-15(25-12-26-20)11-30(24)13-27-23;/h2-4,7-10,12-13H,5-6,11,23-24H2,1H3,(H,28,29,32);1H/b27-13-;. The van der Waals surface area contributed by atoms with Crippen LogP contribution in [-0.2, 0) is 12.0 Å². The van der Waals surface area contributed by atoms with Crippen molar-refractivity contribution in [3.8, 4) is 11.6 Å². The molecule has 12 heteroatoms. The number of hydrazone groups is 1. The zero-order valence-electron chi connectivity index (χ0n) is 18.4. The van der Waals surface area contributed by atoms with Crippen molar-refractivity contribution in [3.63, 3.8) is 0 Å². The Bertz CT molecular complexity index is 1380. The van der Waals surface area contributed by atoms with Crippen LogP contribution in [0.5, 0.6) is 11.6 Å². The first-order valence-corrected chi connectivity index (χ1v) is 10.6. The van der Waals surface area contributed by atoms with Gasteiger partial charge in [-0.2, -0.15) is 5.10 Å². The van der Waals surface area contributed by atoms with E-state index in [1.54, 1.807) is 30.5 Å². The van der Waals surface area contributed by atoms with Gasteiger partial charge in [0.05, 0.1) is 17.8 Å². The van der Waals surface area contributed by atoms with E-state index in [-0.39, 0.29) is 19.4 Å². The van der Waals surface area contributed by atoms with Gasteiger partial charge in [0, 0.05) is 30.6 Å². The highest BCUT2D eigenvalue weighted by atomic mass is 16.5. The highest BCUT2D eigenvalue weighted by Crippen LogP contribution is 2.48. The second-order valence-corrected chi connectivity index (χ2v) is 8.36. The molecule has 1 aliphatic rings. The lowest BCUT2D eigenvalue weighted by Crippen LogP contribution is -2.29. The summed E-state index contributed by atoms with van der Waals surface area (Å²) in [5.41, 5.74) is 1.38. The molecule has 1 aromatic carbocycles. The van der Waals surface area contributed by atoms with Crippen molar-refractivity contribution >= 4 is 29.1 Å². The molecule has 1 saturated carbocycles. The summed E-state index contributed by atoms with van der Waals surface area (Å²) in [5, 5.41) is 12.2. The molecular formula is C22H25N9O3. The Balaban J connectivity index is 0.00000289. The maximum absolute atomic E-state index is 12.8. The summed E-state index contributed by atoms with van der Waals surface area (Å²) in [6, 6.07) is 10.3. The molecule has 0 bridgehead atoms. The monoisotopic (exact) mass is 463 g/mol. The van der Waals surface area contributed by atoms with Gasteiger partial charge in [-0.25, -0.2) is 20.6 Å². The van der Waals surface area contributed by atoms with Crippen LogP contribution in [0.3, 0.4) is 0 Å². The third kappa shape index (κ3) is 4.38. The van der Waals surface area contributed by atoms with Gasteiger partial charge in [-0.1, -0.05) is 12.1 Å². The number of carbonyl (C=O) groups is 1. The number of hydrogen-bond donors (Lipinski definition) is 3. The smallest absolute Gasteiger partial charge is 0.331 e. The molecule has 0 atom stereocenters. The number of carbonyl (C=O) groups excluding carboxylic acids is 1. The number of rotatable bonds is 7. The van der Waals surface area contributed by atoms with Crippen molar-refractivity contribution < 1.29 is 15.5 Å². The lowest BCUT2D eigenvalue weighted by atomic mass is 10.1. The number of fused-ring (bicyclic) bond motifs is 1. The van der Waals surface area contributed by atoms with Gasteiger partial charge in [0.1, 0.15) is 24.2 Å². The summed E-state index contributed by atoms with van der Waals surface area (Å²) in [4.78, 5) is 21.1. The topological polar surface area (TPSA) is 163 Å². The Morgan fingerprint density at radius 3 is 3.00 bits per heavy atom. The van der Waals surface area contributed by atoms with Crippen LogP contribution in [0.2, 0.25) is 0 Å². The minimum absolute atomic E-state index is 0. The van der Waals surface area contributed by atoms with Gasteiger partial charge >= 0.3 is 6.03 Å². The third-order valence-electron chi connectivity index (χ3n) is 5.70. The SMILES string of the molecule is CC1(c2cc(NC(=O)n3ccc4cc(Oc5cc(CN(N)/C=N\N)ncn5)ccc43)no2)CC1.[HH]. The van der Waals surface area contributed by atoms with Crippen molar-refractivity contribution in [3.05, 3.63) is 60.4 Å². The minimum Gasteiger partial charge on any atom is -0.439 e. The van der Waals surface area contributed by atoms with E-state index in [9.17, 15) is 4.79 Å². The number of ether oxygens (including phenoxy) is 1. The molecule has 5 rings (SSSR count). The van der Waals surface area contributed by atoms with E-state index in [1.165, 1.54) is 22.2 Å². The van der Waals surface area contributed by atoms with Crippen LogP contribution in [-0.4, -0.2) is 37.1 Å². The molecular weight excluding hydrogens is 438 g/mol. The summed E-state index contributed by atoms with van der Waals surface area (Å²) in [6.07, 6.45) is 6.48. The van der Waals surface area contributed by atoms with Crippen molar-refractivity contribution in [2.75, 3.05) is 5.32 Å². The molecule has 0 radical (unpaired) electrons. The van der Waals surface area contributed by atoms with Crippen molar-refractivity contribution in [1.29, 1.82) is 0 Å². The quantitative estimate of drug-likeness (QED) is 0.162. The van der Waals surface area contributed by atoms with Crippen LogP contribution in [0, 0.1) is 0 Å². The Morgan fingerprint density at radius 2 is 2.21 bits per heavy atom. The van der Waals surface area contributed by atoms with E-state index in [2.05, 4.69) is 32.5 Å². The highest BCUT2D eigenvalue weighted by molar-refractivity contribution is 5.98. The lowest BCUT2D eigenvalue weighted by molar-refractivity contribution is 0.254. The predicted molar refractivity (Wildman–Crippen MR) is 126 cm³/mol. The van der Waals surface area contributed by atoms with Gasteiger partial charge < -0.3 is 15.1 Å². The number of hydrogen-bond acceptors (Lipinski definition) is 9. The normalized spacial score (nSPS) is 14.4. The summed E-state index contributed by atoms with van der Waals surface area (Å²) >= 11 is 0. The molecule has 0 saturated heterocycles. The second-order valence-electron chi connectivity index (χ2n) is 8.36. The molecule has 12 nitrogen and oxygen atoms in total. The van der Waals surface area contributed by atoms with Gasteiger partial charge in [-0.3, -0.25) is 14.9 Å². The van der Waals surface area contributed by atoms with E-state index >= 15 is 0 Å². The van der Waals surface area contributed by atoms with Crippen molar-refractivity contribution in [2.24, 2.45) is 16.8 Å². The van der Waals surface area contributed by atoms with Crippen LogP contribution < -0.4 is 21.7 Å². The molecule has 0 aliphatic heterocycles. The summed E-state index contributed by atoms with van der Waals surface area (Å²) in [6.45, 7) is 2.40. The van der Waals surface area contributed by atoms with Gasteiger partial charge in [0.2, 0.25) is 5.88 Å². The van der Waals surface area contributed by atoms with Crippen LogP contribution in [0.1, 0.15) is 32.6 Å². The molecule has 1 amide bonds. The van der Waals surface area contributed by atoms with Gasteiger partial charge in [0.25, 0.3) is 0 Å². The number of anilines is 1. The molecule has 3 aromatic heterocycles. The summed E-state index contributed by atoms with van der Waals surface area (Å²) in [5.74, 6) is 12.9. The molecule has 0 unspecified atom stereocenters. The maximum atomic E-state index is 12.8. The van der Waals surface area contributed by atoms with Crippen LogP contribution in [0.25, 0.3) is 10.9 Å². The third-order valence-corrected chi connectivity index (χ3v) is 5.70. The fourth-order valence-corrected chi connectivity index (χ4v) is 3.54. The Labute approximate surface area is 195 Å². The Kier molecular flexibility index (Phi) is 5.34. The van der Waals surface area contributed by atoms with E-state index in [4.69, 9.17) is 20.9 Å². The number of benzene rings is 1. The van der Waals surface area contributed by atoms with E-state index in [0.717, 1.165) is 24.0 Å². The number of aromatic nitrogens is 4. The average molecular weight is 464 g/mol. The molecule has 4 aromatic rings. The van der Waals surface area contributed by atoms with Gasteiger partial charge in [-0.05, 0) is 37.1 Å². The fourth-order valence-electron chi connectivity index (χ4n) is 3.54. The Hall–Kier alpha value is -4.45. The van der Waals surface area contributed by atoms with E-state index < -0.39 is 0 Å². The second kappa shape index (κ2) is 8.48. The largest absolute Gasteiger partial charge is 0.439 e. The molecule has 34 heavy (non-hydrogen) atoms. The maximum Gasteiger partial charge on any atom is 0.331 e. The molecule has 0 spiro atoms. The zero-order valence-corrected chi connectivity index (χ0v) is 18.4. The van der Waals surface area contributed by atoms with E-state index in [0.29, 0.717) is 28.7 Å². The molecule has 1 aliphatic carbocycles. The molecule has 5 N–H and O–H groups in total. The number of hydrazine groups is 1. The van der Waals surface area contributed by atoms with Crippen LogP contribution in [0.15, 0.2) is 58.5 Å². The molecule has 1 fully saturated rings. The lowest BCUT2D eigenvalue weighted by Gasteiger charge is -2.12. The number of nitrogens with two attached hydrogens (primary N) is 2. The summed E-state index contributed by atoms with van der Waals surface area (Å²) < 4.78 is 12.8. The summed E-state index contributed by atoms with van der Waals surface area (Å²) in [7, 11) is 0. The van der Waals surface area contributed by atoms with Crippen LogP contribution in [0.4, 0.5) is 10.6 Å². The first-order valence-electron chi connectivity index (χ1n) is 10.6.